The van der Waals surface area contributed by atoms with E-state index in [-0.39, 0.29) is 10.8 Å². The van der Waals surface area contributed by atoms with Crippen LogP contribution in [0.4, 0.5) is 0 Å². The highest BCUT2D eigenvalue weighted by molar-refractivity contribution is 7.89. The molecule has 2 N–H and O–H groups in total. The Morgan fingerprint density at radius 2 is 2.20 bits per heavy atom. The van der Waals surface area contributed by atoms with Crippen molar-refractivity contribution in [2.45, 2.75) is 31.0 Å². The van der Waals surface area contributed by atoms with Gasteiger partial charge < -0.3 is 0 Å². The Balaban J connectivity index is 3.08. The van der Waals surface area contributed by atoms with E-state index in [1.165, 1.54) is 0 Å². The first-order valence-electron chi connectivity index (χ1n) is 4.62. The summed E-state index contributed by atoms with van der Waals surface area (Å²) < 4.78 is 26.1. The van der Waals surface area contributed by atoms with Crippen molar-refractivity contribution < 1.29 is 8.42 Å². The summed E-state index contributed by atoms with van der Waals surface area (Å²) >= 11 is 5.61. The van der Waals surface area contributed by atoms with Crippen LogP contribution in [0.2, 0.25) is 0 Å². The molecule has 1 aromatic rings. The maximum absolute atomic E-state index is 11.8. The Bertz CT molecular complexity index is 427. The molecule has 0 aliphatic carbocycles. The fraction of sp³-hybridized carbons (Fsp3) is 0.625. The van der Waals surface area contributed by atoms with Gasteiger partial charge in [-0.25, -0.2) is 13.1 Å². The normalized spacial score (nSPS) is 11.9. The van der Waals surface area contributed by atoms with Crippen molar-refractivity contribution in [3.8, 4) is 0 Å². The second kappa shape index (κ2) is 4.96. The third-order valence-electron chi connectivity index (χ3n) is 1.90. The number of sulfonamides is 1. The Morgan fingerprint density at radius 3 is 2.73 bits per heavy atom. The fourth-order valence-electron chi connectivity index (χ4n) is 1.23. The van der Waals surface area contributed by atoms with E-state index >= 15 is 0 Å². The maximum Gasteiger partial charge on any atom is 0.244 e. The number of aromatic amines is 1. The van der Waals surface area contributed by atoms with Crippen LogP contribution in [0, 0.1) is 6.92 Å². The monoisotopic (exact) mass is 251 g/mol. The van der Waals surface area contributed by atoms with Crippen LogP contribution in [-0.2, 0) is 15.9 Å². The molecule has 1 rings (SSSR count). The van der Waals surface area contributed by atoms with Crippen LogP contribution >= 0.6 is 11.6 Å². The lowest BCUT2D eigenvalue weighted by atomic mass is 10.4. The number of hydrogen-bond donors (Lipinski definition) is 2. The fourth-order valence-corrected chi connectivity index (χ4v) is 2.99. The number of H-pyrrole nitrogens is 1. The third-order valence-corrected chi connectivity index (χ3v) is 3.82. The van der Waals surface area contributed by atoms with Gasteiger partial charge in [-0.1, -0.05) is 6.92 Å². The Kier molecular flexibility index (Phi) is 4.12. The number of hydrogen-bond acceptors (Lipinski definition) is 3. The number of alkyl halides is 1. The molecule has 0 fully saturated rings. The molecule has 86 valence electrons. The van der Waals surface area contributed by atoms with E-state index in [9.17, 15) is 8.42 Å². The molecule has 15 heavy (non-hydrogen) atoms. The van der Waals surface area contributed by atoms with Gasteiger partial charge in [-0.15, -0.1) is 11.6 Å². The lowest BCUT2D eigenvalue weighted by molar-refractivity contribution is 0.579. The zero-order valence-electron chi connectivity index (χ0n) is 8.67. The van der Waals surface area contributed by atoms with Gasteiger partial charge in [0.2, 0.25) is 10.0 Å². The van der Waals surface area contributed by atoms with Crippen LogP contribution in [0.3, 0.4) is 0 Å². The summed E-state index contributed by atoms with van der Waals surface area (Å²) in [6.45, 7) is 3.96. The minimum Gasteiger partial charge on any atom is -0.281 e. The highest BCUT2D eigenvalue weighted by Crippen LogP contribution is 2.18. The zero-order valence-corrected chi connectivity index (χ0v) is 10.2. The van der Waals surface area contributed by atoms with E-state index in [2.05, 4.69) is 14.9 Å². The largest absolute Gasteiger partial charge is 0.281 e. The van der Waals surface area contributed by atoms with Crippen molar-refractivity contribution in [1.29, 1.82) is 0 Å². The molecule has 0 amide bonds. The average molecular weight is 252 g/mol. The summed E-state index contributed by atoms with van der Waals surface area (Å²) in [7, 11) is -3.48. The van der Waals surface area contributed by atoms with E-state index in [4.69, 9.17) is 11.6 Å². The quantitative estimate of drug-likeness (QED) is 0.771. The molecule has 0 atom stereocenters. The minimum absolute atomic E-state index is 0.0761. The van der Waals surface area contributed by atoms with E-state index in [0.717, 1.165) is 6.42 Å². The molecule has 0 radical (unpaired) electrons. The van der Waals surface area contributed by atoms with E-state index in [1.54, 1.807) is 6.92 Å². The van der Waals surface area contributed by atoms with Gasteiger partial charge in [0.05, 0.1) is 17.3 Å². The first-order valence-corrected chi connectivity index (χ1v) is 6.64. The molecule has 0 aliphatic heterocycles. The van der Waals surface area contributed by atoms with Crippen molar-refractivity contribution in [2.75, 3.05) is 6.54 Å². The van der Waals surface area contributed by atoms with Crippen molar-refractivity contribution in [2.24, 2.45) is 0 Å². The van der Waals surface area contributed by atoms with E-state index in [1.807, 2.05) is 6.92 Å². The highest BCUT2D eigenvalue weighted by Gasteiger charge is 2.22. The van der Waals surface area contributed by atoms with Crippen LogP contribution in [0.5, 0.6) is 0 Å². The van der Waals surface area contributed by atoms with Gasteiger partial charge in [0.25, 0.3) is 0 Å². The predicted octanol–water partition coefficient (Wildman–Crippen LogP) is 1.15. The van der Waals surface area contributed by atoms with Gasteiger partial charge in [-0.2, -0.15) is 5.10 Å². The van der Waals surface area contributed by atoms with Crippen LogP contribution < -0.4 is 4.72 Å². The van der Waals surface area contributed by atoms with Gasteiger partial charge >= 0.3 is 0 Å². The standard InChI is InChI=1S/C8H14ClN3O2S/c1-3-4-10-15(13,14)8-6(2)11-12-7(8)5-9/h10H,3-5H2,1-2H3,(H,11,12). The topological polar surface area (TPSA) is 74.8 Å². The van der Waals surface area contributed by atoms with Crippen molar-refractivity contribution >= 4 is 21.6 Å². The van der Waals surface area contributed by atoms with Gasteiger partial charge in [0.15, 0.2) is 0 Å². The Hall–Kier alpha value is -0.590. The summed E-state index contributed by atoms with van der Waals surface area (Å²) in [6, 6.07) is 0. The van der Waals surface area contributed by atoms with Crippen LogP contribution in [0.25, 0.3) is 0 Å². The molecule has 0 saturated heterocycles. The van der Waals surface area contributed by atoms with E-state index < -0.39 is 10.0 Å². The maximum atomic E-state index is 11.8. The first-order chi connectivity index (χ1) is 7.03. The van der Waals surface area contributed by atoms with Crippen LogP contribution in [0.15, 0.2) is 4.90 Å². The molecular weight excluding hydrogens is 238 g/mol. The van der Waals surface area contributed by atoms with Crippen molar-refractivity contribution in [3.63, 3.8) is 0 Å². The summed E-state index contributed by atoms with van der Waals surface area (Å²) in [6.07, 6.45) is 0.742. The third kappa shape index (κ3) is 2.70. The zero-order chi connectivity index (χ0) is 11.5. The Morgan fingerprint density at radius 1 is 1.53 bits per heavy atom. The second-order valence-corrected chi connectivity index (χ2v) is 5.13. The minimum atomic E-state index is -3.48. The molecular formula is C8H14ClN3O2S. The average Bonchev–Trinajstić information content (AvgIpc) is 2.57. The Labute approximate surface area is 94.3 Å². The number of aromatic nitrogens is 2. The smallest absolute Gasteiger partial charge is 0.244 e. The molecule has 0 unspecified atom stereocenters. The van der Waals surface area contributed by atoms with Gasteiger partial charge in [-0.3, -0.25) is 5.10 Å². The van der Waals surface area contributed by atoms with Gasteiger partial charge in [0.1, 0.15) is 4.90 Å². The molecule has 0 spiro atoms. The highest BCUT2D eigenvalue weighted by atomic mass is 35.5. The SMILES string of the molecule is CCCNS(=O)(=O)c1c(CCl)n[nH]c1C. The number of nitrogens with zero attached hydrogens (tertiary/aromatic N) is 1. The molecule has 0 bridgehead atoms. The number of nitrogens with one attached hydrogen (secondary N) is 2. The summed E-state index contributed by atoms with van der Waals surface area (Å²) in [4.78, 5) is 0.172. The van der Waals surface area contributed by atoms with Crippen LogP contribution in [-0.4, -0.2) is 25.2 Å². The van der Waals surface area contributed by atoms with Crippen molar-refractivity contribution in [3.05, 3.63) is 11.4 Å². The first kappa shape index (κ1) is 12.5. The molecule has 0 aliphatic rings. The summed E-state index contributed by atoms with van der Waals surface area (Å²) in [5, 5.41) is 6.45. The lowest BCUT2D eigenvalue weighted by Crippen LogP contribution is -2.25. The number of halogens is 1. The van der Waals surface area contributed by atoms with Crippen molar-refractivity contribution in [1.82, 2.24) is 14.9 Å². The van der Waals surface area contributed by atoms with E-state index in [0.29, 0.717) is 17.9 Å². The summed E-state index contributed by atoms with van der Waals surface area (Å²) in [5.74, 6) is 0.0761. The summed E-state index contributed by atoms with van der Waals surface area (Å²) in [5.41, 5.74) is 0.868. The predicted molar refractivity (Wildman–Crippen MR) is 58.4 cm³/mol. The van der Waals surface area contributed by atoms with Crippen LogP contribution in [0.1, 0.15) is 24.7 Å². The molecule has 1 heterocycles. The number of aryl methyl sites for hydroxylation is 1. The number of rotatable bonds is 5. The molecule has 5 nitrogen and oxygen atoms in total. The van der Waals surface area contributed by atoms with Gasteiger partial charge in [-0.05, 0) is 13.3 Å². The molecule has 0 saturated carbocycles. The molecule has 0 aromatic carbocycles. The molecule has 1 aromatic heterocycles. The molecule has 7 heteroatoms. The second-order valence-electron chi connectivity index (χ2n) is 3.16. The lowest BCUT2D eigenvalue weighted by Gasteiger charge is -2.05. The van der Waals surface area contributed by atoms with Gasteiger partial charge in [0, 0.05) is 6.54 Å².